The summed E-state index contributed by atoms with van der Waals surface area (Å²) in [4.78, 5) is 13.0. The lowest BCUT2D eigenvalue weighted by molar-refractivity contribution is 0.311. The normalized spacial score (nSPS) is 18.1. The van der Waals surface area contributed by atoms with Gasteiger partial charge in [-0.2, -0.15) is 0 Å². The van der Waals surface area contributed by atoms with Gasteiger partial charge in [-0.15, -0.1) is 11.3 Å². The van der Waals surface area contributed by atoms with Crippen molar-refractivity contribution in [3.05, 3.63) is 58.3 Å². The number of nitrogens with zero attached hydrogens (tertiary/aromatic N) is 4. The van der Waals surface area contributed by atoms with Crippen LogP contribution in [0.25, 0.3) is 11.4 Å². The Morgan fingerprint density at radius 1 is 1.24 bits per heavy atom. The summed E-state index contributed by atoms with van der Waals surface area (Å²) in [5.74, 6) is 1.72. The summed E-state index contributed by atoms with van der Waals surface area (Å²) in [5.41, 5.74) is 3.75. The lowest BCUT2D eigenvalue weighted by Gasteiger charge is -2.17. The van der Waals surface area contributed by atoms with Crippen molar-refractivity contribution in [2.45, 2.75) is 33.4 Å². The Morgan fingerprint density at radius 2 is 2.16 bits per heavy atom. The average molecular weight is 353 g/mol. The number of likely N-dealkylation sites (tertiary alicyclic amines) is 1. The van der Waals surface area contributed by atoms with E-state index in [1.807, 2.05) is 36.0 Å². The monoisotopic (exact) mass is 352 g/mol. The molecule has 1 aliphatic rings. The van der Waals surface area contributed by atoms with Crippen LogP contribution < -0.4 is 0 Å². The molecule has 1 saturated heterocycles. The zero-order valence-corrected chi connectivity index (χ0v) is 15.7. The summed E-state index contributed by atoms with van der Waals surface area (Å²) in [7, 11) is 0. The van der Waals surface area contributed by atoms with Gasteiger partial charge in [-0.1, -0.05) is 0 Å². The van der Waals surface area contributed by atoms with Gasteiger partial charge >= 0.3 is 0 Å². The van der Waals surface area contributed by atoms with E-state index in [1.54, 1.807) is 0 Å². The van der Waals surface area contributed by atoms with Crippen LogP contribution in [-0.4, -0.2) is 32.5 Å². The van der Waals surface area contributed by atoms with E-state index >= 15 is 0 Å². The van der Waals surface area contributed by atoms with Gasteiger partial charge in [0.05, 0.1) is 0 Å². The van der Waals surface area contributed by atoms with E-state index in [0.717, 1.165) is 24.5 Å². The largest absolute Gasteiger partial charge is 0.328 e. The standard InChI is InChI=1S/C20H24N4S/c1-15-6-9-25-19(15)14-23-8-5-17(12-23)13-24-16(2)10-22-20(24)18-4-3-7-21-11-18/h3-4,6-7,9-11,17H,5,8,12-14H2,1-2H3. The Morgan fingerprint density at radius 3 is 2.92 bits per heavy atom. The van der Waals surface area contributed by atoms with Gasteiger partial charge < -0.3 is 4.57 Å². The van der Waals surface area contributed by atoms with E-state index in [9.17, 15) is 0 Å². The summed E-state index contributed by atoms with van der Waals surface area (Å²) >= 11 is 1.88. The molecular weight excluding hydrogens is 328 g/mol. The zero-order chi connectivity index (χ0) is 17.2. The fraction of sp³-hybridized carbons (Fsp3) is 0.400. The Balaban J connectivity index is 1.45. The van der Waals surface area contributed by atoms with Gasteiger partial charge in [0, 0.05) is 54.4 Å². The van der Waals surface area contributed by atoms with Crippen molar-refractivity contribution in [1.29, 1.82) is 0 Å². The summed E-state index contributed by atoms with van der Waals surface area (Å²) in [6.07, 6.45) is 6.95. The number of aromatic nitrogens is 3. The second-order valence-corrected chi connectivity index (χ2v) is 7.99. The Hall–Kier alpha value is -1.98. The highest BCUT2D eigenvalue weighted by Crippen LogP contribution is 2.26. The molecule has 0 aromatic carbocycles. The Labute approximate surface area is 153 Å². The van der Waals surface area contributed by atoms with Crippen molar-refractivity contribution in [3.63, 3.8) is 0 Å². The number of imidazole rings is 1. The maximum atomic E-state index is 4.63. The summed E-state index contributed by atoms with van der Waals surface area (Å²) in [6, 6.07) is 6.29. The number of rotatable bonds is 5. The lowest BCUT2D eigenvalue weighted by Crippen LogP contribution is -2.21. The second-order valence-electron chi connectivity index (χ2n) is 6.99. The highest BCUT2D eigenvalue weighted by atomic mass is 32.1. The van der Waals surface area contributed by atoms with Gasteiger partial charge in [0.15, 0.2) is 0 Å². The van der Waals surface area contributed by atoms with Crippen molar-refractivity contribution in [2.24, 2.45) is 5.92 Å². The summed E-state index contributed by atoms with van der Waals surface area (Å²) in [5, 5.41) is 2.20. The molecule has 130 valence electrons. The minimum absolute atomic E-state index is 0.684. The predicted octanol–water partition coefficient (Wildman–Crippen LogP) is 4.15. The van der Waals surface area contributed by atoms with Crippen LogP contribution in [0.15, 0.2) is 42.2 Å². The molecule has 25 heavy (non-hydrogen) atoms. The van der Waals surface area contributed by atoms with Gasteiger partial charge in [0.2, 0.25) is 0 Å². The average Bonchev–Trinajstić information content (AvgIpc) is 3.33. The van der Waals surface area contributed by atoms with E-state index in [4.69, 9.17) is 0 Å². The number of aryl methyl sites for hydroxylation is 2. The van der Waals surface area contributed by atoms with E-state index in [2.05, 4.69) is 50.8 Å². The van der Waals surface area contributed by atoms with Crippen LogP contribution in [0.2, 0.25) is 0 Å². The maximum Gasteiger partial charge on any atom is 0.141 e. The number of thiophene rings is 1. The van der Waals surface area contributed by atoms with Gasteiger partial charge in [-0.25, -0.2) is 4.98 Å². The minimum Gasteiger partial charge on any atom is -0.328 e. The molecular formula is C20H24N4S. The lowest BCUT2D eigenvalue weighted by atomic mass is 10.1. The molecule has 4 nitrogen and oxygen atoms in total. The first-order chi connectivity index (χ1) is 12.2. The van der Waals surface area contributed by atoms with E-state index in [1.165, 1.54) is 35.6 Å². The number of hydrogen-bond donors (Lipinski definition) is 0. The fourth-order valence-corrected chi connectivity index (χ4v) is 4.60. The third-order valence-electron chi connectivity index (χ3n) is 5.12. The summed E-state index contributed by atoms with van der Waals surface area (Å²) < 4.78 is 2.36. The van der Waals surface area contributed by atoms with Crippen molar-refractivity contribution in [2.75, 3.05) is 13.1 Å². The molecule has 0 aliphatic carbocycles. The topological polar surface area (TPSA) is 34.0 Å². The molecule has 1 unspecified atom stereocenters. The molecule has 0 spiro atoms. The molecule has 4 rings (SSSR count). The molecule has 3 aromatic heterocycles. The smallest absolute Gasteiger partial charge is 0.141 e. The first kappa shape index (κ1) is 16.5. The van der Waals surface area contributed by atoms with Crippen LogP contribution in [0.3, 0.4) is 0 Å². The molecule has 0 bridgehead atoms. The fourth-order valence-electron chi connectivity index (χ4n) is 3.65. The SMILES string of the molecule is Cc1ccsc1CN1CCC(Cn2c(C)cnc2-c2cccnc2)C1. The van der Waals surface area contributed by atoms with Crippen LogP contribution in [0, 0.1) is 19.8 Å². The zero-order valence-electron chi connectivity index (χ0n) is 14.9. The van der Waals surface area contributed by atoms with Gasteiger partial charge in [-0.3, -0.25) is 9.88 Å². The molecule has 4 heterocycles. The molecule has 5 heteroatoms. The van der Waals surface area contributed by atoms with E-state index in [-0.39, 0.29) is 0 Å². The highest BCUT2D eigenvalue weighted by Gasteiger charge is 2.25. The molecule has 0 radical (unpaired) electrons. The first-order valence-corrected chi connectivity index (χ1v) is 9.76. The van der Waals surface area contributed by atoms with Crippen LogP contribution in [-0.2, 0) is 13.1 Å². The highest BCUT2D eigenvalue weighted by molar-refractivity contribution is 7.10. The molecule has 0 amide bonds. The predicted molar refractivity (Wildman–Crippen MR) is 103 cm³/mol. The third-order valence-corrected chi connectivity index (χ3v) is 6.13. The molecule has 0 N–H and O–H groups in total. The number of pyridine rings is 1. The van der Waals surface area contributed by atoms with Crippen molar-refractivity contribution < 1.29 is 0 Å². The Kier molecular flexibility index (Phi) is 4.68. The Bertz CT molecular complexity index is 837. The number of hydrogen-bond acceptors (Lipinski definition) is 4. The third kappa shape index (κ3) is 3.53. The molecule has 3 aromatic rings. The first-order valence-electron chi connectivity index (χ1n) is 8.88. The van der Waals surface area contributed by atoms with E-state index < -0.39 is 0 Å². The van der Waals surface area contributed by atoms with E-state index in [0.29, 0.717) is 5.92 Å². The molecule has 1 atom stereocenters. The van der Waals surface area contributed by atoms with Crippen LogP contribution in [0.4, 0.5) is 0 Å². The van der Waals surface area contributed by atoms with Gasteiger partial charge in [0.25, 0.3) is 0 Å². The van der Waals surface area contributed by atoms with Crippen LogP contribution in [0.1, 0.15) is 22.6 Å². The minimum atomic E-state index is 0.684. The van der Waals surface area contributed by atoms with Crippen molar-refractivity contribution >= 4 is 11.3 Å². The van der Waals surface area contributed by atoms with Gasteiger partial charge in [0.1, 0.15) is 5.82 Å². The van der Waals surface area contributed by atoms with Crippen molar-refractivity contribution in [1.82, 2.24) is 19.4 Å². The van der Waals surface area contributed by atoms with Crippen molar-refractivity contribution in [3.8, 4) is 11.4 Å². The maximum absolute atomic E-state index is 4.63. The summed E-state index contributed by atoms with van der Waals surface area (Å²) in [6.45, 7) is 8.86. The molecule has 0 saturated carbocycles. The molecule has 1 aliphatic heterocycles. The molecule has 1 fully saturated rings. The quantitative estimate of drug-likeness (QED) is 0.692. The van der Waals surface area contributed by atoms with Crippen LogP contribution in [0.5, 0.6) is 0 Å². The second kappa shape index (κ2) is 7.10. The van der Waals surface area contributed by atoms with Gasteiger partial charge in [-0.05, 0) is 61.9 Å². The van der Waals surface area contributed by atoms with Crippen LogP contribution >= 0.6 is 11.3 Å².